The summed E-state index contributed by atoms with van der Waals surface area (Å²) in [6.45, 7) is 5.78. The molecule has 1 aromatic heterocycles. The maximum atomic E-state index is 13.3. The molecule has 5 nitrogen and oxygen atoms in total. The average molecular weight is 402 g/mol. The number of nitrogens with zero attached hydrogens (tertiary/aromatic N) is 2. The number of rotatable bonds is 5. The lowest BCUT2D eigenvalue weighted by Crippen LogP contribution is -2.61. The molecule has 0 radical (unpaired) electrons. The van der Waals surface area contributed by atoms with Crippen LogP contribution >= 0.6 is 0 Å². The van der Waals surface area contributed by atoms with Gasteiger partial charge in [-0.1, -0.05) is 24.3 Å². The highest BCUT2D eigenvalue weighted by Gasteiger charge is 2.47. The second-order valence-electron chi connectivity index (χ2n) is 8.92. The molecule has 1 saturated heterocycles. The molecular formula is C25H27N3O2. The van der Waals surface area contributed by atoms with Gasteiger partial charge >= 0.3 is 0 Å². The van der Waals surface area contributed by atoms with Crippen LogP contribution in [-0.2, 0) is 10.3 Å². The Hall–Kier alpha value is -2.92. The van der Waals surface area contributed by atoms with Crippen LogP contribution in [0.3, 0.4) is 0 Å². The van der Waals surface area contributed by atoms with Crippen LogP contribution in [0.25, 0.3) is 10.9 Å². The van der Waals surface area contributed by atoms with Crippen molar-refractivity contribution in [1.82, 2.24) is 10.3 Å². The number of amides is 1. The number of methoxy groups -OCH3 is 1. The standard InChI is InChI=1S/C25H27N3O2/c1-17-9-10-18(28-15-24(2,16-28)30-3)14-20(17)23(29)27-25(11-12-25)21-7-4-8-22-19(21)6-5-13-26-22/h4-10,13-14H,11-12,15-16H2,1-3H3,(H,27,29). The lowest BCUT2D eigenvalue weighted by molar-refractivity contribution is -0.0167. The number of aromatic nitrogens is 1. The van der Waals surface area contributed by atoms with Crippen LogP contribution in [0.15, 0.2) is 54.7 Å². The molecule has 2 aliphatic rings. The fraction of sp³-hybridized carbons (Fsp3) is 0.360. The van der Waals surface area contributed by atoms with Gasteiger partial charge in [0.25, 0.3) is 5.91 Å². The number of hydrogen-bond acceptors (Lipinski definition) is 4. The van der Waals surface area contributed by atoms with Crippen molar-refractivity contribution in [3.8, 4) is 0 Å². The second kappa shape index (κ2) is 6.81. The average Bonchev–Trinajstić information content (AvgIpc) is 3.51. The highest BCUT2D eigenvalue weighted by atomic mass is 16.5. The fourth-order valence-corrected chi connectivity index (χ4v) is 4.52. The zero-order valence-electron chi connectivity index (χ0n) is 17.7. The number of ether oxygens (including phenoxy) is 1. The first kappa shape index (κ1) is 19.1. The maximum Gasteiger partial charge on any atom is 0.252 e. The van der Waals surface area contributed by atoms with Crippen molar-refractivity contribution in [3.63, 3.8) is 0 Å². The fourth-order valence-electron chi connectivity index (χ4n) is 4.52. The Morgan fingerprint density at radius 2 is 1.93 bits per heavy atom. The summed E-state index contributed by atoms with van der Waals surface area (Å²) in [5, 5.41) is 4.47. The largest absolute Gasteiger partial charge is 0.375 e. The van der Waals surface area contributed by atoms with Gasteiger partial charge in [0.05, 0.1) is 16.7 Å². The summed E-state index contributed by atoms with van der Waals surface area (Å²) in [4.78, 5) is 20.0. The van der Waals surface area contributed by atoms with Crippen LogP contribution < -0.4 is 10.2 Å². The van der Waals surface area contributed by atoms with E-state index in [0.29, 0.717) is 0 Å². The Balaban J connectivity index is 1.41. The molecule has 1 aliphatic carbocycles. The van der Waals surface area contributed by atoms with E-state index in [1.807, 2.05) is 43.5 Å². The van der Waals surface area contributed by atoms with Gasteiger partial charge in [0.1, 0.15) is 0 Å². The minimum atomic E-state index is -0.298. The topological polar surface area (TPSA) is 54.5 Å². The summed E-state index contributed by atoms with van der Waals surface area (Å²) in [6, 6.07) is 16.3. The van der Waals surface area contributed by atoms with E-state index in [0.717, 1.165) is 59.2 Å². The summed E-state index contributed by atoms with van der Waals surface area (Å²) in [6.07, 6.45) is 3.71. The van der Waals surface area contributed by atoms with Gasteiger partial charge in [-0.3, -0.25) is 9.78 Å². The first-order valence-corrected chi connectivity index (χ1v) is 10.5. The highest BCUT2D eigenvalue weighted by Crippen LogP contribution is 2.48. The van der Waals surface area contributed by atoms with Crippen molar-refractivity contribution in [1.29, 1.82) is 0 Å². The van der Waals surface area contributed by atoms with Crippen molar-refractivity contribution in [2.75, 3.05) is 25.1 Å². The molecule has 154 valence electrons. The number of carbonyl (C=O) groups excluding carboxylic acids is 1. The van der Waals surface area contributed by atoms with Crippen molar-refractivity contribution < 1.29 is 9.53 Å². The molecule has 2 aromatic carbocycles. The van der Waals surface area contributed by atoms with Crippen molar-refractivity contribution in [3.05, 3.63) is 71.4 Å². The number of hydrogen-bond donors (Lipinski definition) is 1. The molecule has 2 fully saturated rings. The van der Waals surface area contributed by atoms with Crippen LogP contribution in [-0.4, -0.2) is 36.7 Å². The molecule has 0 atom stereocenters. The SMILES string of the molecule is COC1(C)CN(c2ccc(C)c(C(=O)NC3(c4cccc5ncccc45)CC3)c2)C1. The molecule has 2 heterocycles. The zero-order chi connectivity index (χ0) is 20.9. The summed E-state index contributed by atoms with van der Waals surface area (Å²) >= 11 is 0. The summed E-state index contributed by atoms with van der Waals surface area (Å²) < 4.78 is 5.56. The quantitative estimate of drug-likeness (QED) is 0.697. The third-order valence-electron chi connectivity index (χ3n) is 6.64. The molecule has 0 unspecified atom stereocenters. The van der Waals surface area contributed by atoms with Crippen LogP contribution in [0.4, 0.5) is 5.69 Å². The Kier molecular flexibility index (Phi) is 4.33. The van der Waals surface area contributed by atoms with Gasteiger partial charge in [0.2, 0.25) is 0 Å². The van der Waals surface area contributed by atoms with Gasteiger partial charge in [-0.05, 0) is 62.1 Å². The Morgan fingerprint density at radius 1 is 1.13 bits per heavy atom. The monoisotopic (exact) mass is 401 g/mol. The van der Waals surface area contributed by atoms with Gasteiger partial charge in [0.15, 0.2) is 0 Å². The Bertz CT molecular complexity index is 1120. The number of nitrogens with one attached hydrogen (secondary N) is 1. The van der Waals surface area contributed by atoms with E-state index in [1.54, 1.807) is 7.11 Å². The minimum absolute atomic E-state index is 0.0113. The van der Waals surface area contributed by atoms with E-state index in [4.69, 9.17) is 4.74 Å². The molecule has 1 amide bonds. The number of carbonyl (C=O) groups is 1. The van der Waals surface area contributed by atoms with E-state index in [2.05, 4.69) is 40.3 Å². The molecule has 3 aromatic rings. The lowest BCUT2D eigenvalue weighted by Gasteiger charge is -2.48. The van der Waals surface area contributed by atoms with Gasteiger partial charge in [0, 0.05) is 43.0 Å². The van der Waals surface area contributed by atoms with Gasteiger partial charge in [-0.15, -0.1) is 0 Å². The number of aryl methyl sites for hydroxylation is 1. The molecule has 0 spiro atoms. The summed E-state index contributed by atoms with van der Waals surface area (Å²) in [5.74, 6) is -0.0113. The van der Waals surface area contributed by atoms with Crippen LogP contribution in [0, 0.1) is 6.92 Å². The molecular weight excluding hydrogens is 374 g/mol. The third-order valence-corrected chi connectivity index (χ3v) is 6.64. The lowest BCUT2D eigenvalue weighted by atomic mass is 9.94. The number of pyridine rings is 1. The number of anilines is 1. The molecule has 30 heavy (non-hydrogen) atoms. The first-order chi connectivity index (χ1) is 14.4. The van der Waals surface area contributed by atoms with Crippen molar-refractivity contribution in [2.24, 2.45) is 0 Å². The predicted octanol–water partition coefficient (Wildman–Crippen LogP) is 4.19. The normalized spacial score (nSPS) is 18.7. The molecule has 1 aliphatic heterocycles. The third kappa shape index (κ3) is 3.14. The summed E-state index contributed by atoms with van der Waals surface area (Å²) in [5.41, 5.74) is 4.52. The minimum Gasteiger partial charge on any atom is -0.375 e. The van der Waals surface area contributed by atoms with Gasteiger partial charge in [-0.2, -0.15) is 0 Å². The van der Waals surface area contributed by atoms with Crippen LogP contribution in [0.1, 0.15) is 41.3 Å². The van der Waals surface area contributed by atoms with Gasteiger partial charge < -0.3 is 15.0 Å². The van der Waals surface area contributed by atoms with Crippen molar-refractivity contribution in [2.45, 2.75) is 37.8 Å². The Morgan fingerprint density at radius 3 is 2.67 bits per heavy atom. The van der Waals surface area contributed by atoms with Crippen LogP contribution in [0.5, 0.6) is 0 Å². The molecule has 5 heteroatoms. The maximum absolute atomic E-state index is 13.3. The zero-order valence-corrected chi connectivity index (χ0v) is 17.7. The van der Waals surface area contributed by atoms with Gasteiger partial charge in [-0.25, -0.2) is 0 Å². The predicted molar refractivity (Wildman–Crippen MR) is 119 cm³/mol. The number of benzene rings is 2. The molecule has 5 rings (SSSR count). The van der Waals surface area contributed by atoms with E-state index < -0.39 is 0 Å². The first-order valence-electron chi connectivity index (χ1n) is 10.5. The number of fused-ring (bicyclic) bond motifs is 1. The second-order valence-corrected chi connectivity index (χ2v) is 8.92. The van der Waals surface area contributed by atoms with E-state index in [-0.39, 0.29) is 17.0 Å². The van der Waals surface area contributed by atoms with E-state index >= 15 is 0 Å². The molecule has 0 bridgehead atoms. The van der Waals surface area contributed by atoms with Crippen molar-refractivity contribution >= 4 is 22.5 Å². The highest BCUT2D eigenvalue weighted by molar-refractivity contribution is 5.98. The summed E-state index contributed by atoms with van der Waals surface area (Å²) in [7, 11) is 1.75. The molecule has 1 N–H and O–H groups in total. The van der Waals surface area contributed by atoms with E-state index in [9.17, 15) is 4.79 Å². The molecule has 1 saturated carbocycles. The smallest absolute Gasteiger partial charge is 0.252 e. The Labute approximate surface area is 177 Å². The van der Waals surface area contributed by atoms with E-state index in [1.165, 1.54) is 0 Å². The van der Waals surface area contributed by atoms with Crippen LogP contribution in [0.2, 0.25) is 0 Å².